The van der Waals surface area contributed by atoms with Crippen LogP contribution in [-0.2, 0) is 0 Å². The molecule has 3 rings (SSSR count). The van der Waals surface area contributed by atoms with Crippen LogP contribution in [0.1, 0.15) is 39.0 Å². The monoisotopic (exact) mass is 384 g/mol. The fourth-order valence-corrected chi connectivity index (χ4v) is 3.82. The number of rotatable bonds is 7. The molecule has 0 saturated heterocycles. The molecule has 0 aliphatic carbocycles. The Morgan fingerprint density at radius 3 is 2.74 bits per heavy atom. The number of benzene rings is 1. The van der Waals surface area contributed by atoms with Gasteiger partial charge in [0.05, 0.1) is 24.2 Å². The molecular formula is C19H20N4O3S. The Kier molecular flexibility index (Phi) is 5.46. The van der Waals surface area contributed by atoms with Crippen LogP contribution in [0.3, 0.4) is 0 Å². The lowest BCUT2D eigenvalue weighted by Gasteiger charge is -2.07. The average molecular weight is 384 g/mol. The molecule has 27 heavy (non-hydrogen) atoms. The van der Waals surface area contributed by atoms with Gasteiger partial charge in [-0.25, -0.2) is 0 Å². The highest BCUT2D eigenvalue weighted by molar-refractivity contribution is 7.99. The first kappa shape index (κ1) is 18.9. The molecule has 0 saturated carbocycles. The smallest absolute Gasteiger partial charge is 0.196 e. The second kappa shape index (κ2) is 7.79. The van der Waals surface area contributed by atoms with Gasteiger partial charge in [0.2, 0.25) is 0 Å². The van der Waals surface area contributed by atoms with Crippen molar-refractivity contribution in [1.82, 2.24) is 19.7 Å². The van der Waals surface area contributed by atoms with E-state index < -0.39 is 0 Å². The zero-order chi connectivity index (χ0) is 19.6. The van der Waals surface area contributed by atoms with Crippen molar-refractivity contribution in [2.75, 3.05) is 12.9 Å². The molecule has 8 heteroatoms. The number of carbonyl (C=O) groups excluding carboxylic acids is 2. The molecule has 0 amide bonds. The number of nitrogens with zero attached hydrogens (tertiary/aromatic N) is 3. The van der Waals surface area contributed by atoms with E-state index in [9.17, 15) is 9.59 Å². The molecule has 0 atom stereocenters. The van der Waals surface area contributed by atoms with E-state index in [2.05, 4.69) is 15.2 Å². The largest absolute Gasteiger partial charge is 0.497 e. The van der Waals surface area contributed by atoms with E-state index in [0.717, 1.165) is 11.4 Å². The van der Waals surface area contributed by atoms with Gasteiger partial charge in [0.25, 0.3) is 0 Å². The van der Waals surface area contributed by atoms with E-state index in [1.165, 1.54) is 18.7 Å². The molecule has 0 unspecified atom stereocenters. The fourth-order valence-electron chi connectivity index (χ4n) is 3.02. The summed E-state index contributed by atoms with van der Waals surface area (Å²) in [6.45, 7) is 5.09. The minimum absolute atomic E-state index is 0.0503. The third kappa shape index (κ3) is 3.80. The molecule has 0 aliphatic heterocycles. The normalized spacial score (nSPS) is 10.8. The van der Waals surface area contributed by atoms with Crippen molar-refractivity contribution < 1.29 is 14.3 Å². The standard InChI is InChI=1S/C19H20N4O3S/c1-11-17(13(3)24)12(2)21-18(11)16(25)9-27-19-22-20-10-23(19)14-6-5-7-15(8-14)26-4/h5-8,10,21H,9H2,1-4H3. The van der Waals surface area contributed by atoms with Crippen molar-refractivity contribution >= 4 is 23.3 Å². The Morgan fingerprint density at radius 2 is 2.07 bits per heavy atom. The van der Waals surface area contributed by atoms with Crippen LogP contribution in [0.5, 0.6) is 5.75 Å². The van der Waals surface area contributed by atoms with Crippen LogP contribution in [0.15, 0.2) is 35.7 Å². The topological polar surface area (TPSA) is 89.9 Å². The van der Waals surface area contributed by atoms with Crippen molar-refractivity contribution in [1.29, 1.82) is 0 Å². The molecule has 2 aromatic heterocycles. The van der Waals surface area contributed by atoms with Crippen LogP contribution in [0.25, 0.3) is 5.69 Å². The number of H-pyrrole nitrogens is 1. The second-order valence-corrected chi connectivity index (χ2v) is 7.02. The molecule has 3 aromatic rings. The number of thioether (sulfide) groups is 1. The zero-order valence-corrected chi connectivity index (χ0v) is 16.4. The van der Waals surface area contributed by atoms with Crippen LogP contribution in [0.4, 0.5) is 0 Å². The van der Waals surface area contributed by atoms with Gasteiger partial charge in [-0.15, -0.1) is 10.2 Å². The van der Waals surface area contributed by atoms with Crippen molar-refractivity contribution in [3.8, 4) is 11.4 Å². The van der Waals surface area contributed by atoms with Crippen molar-refractivity contribution in [3.05, 3.63) is 53.1 Å². The molecule has 0 fully saturated rings. The number of ether oxygens (including phenoxy) is 1. The predicted octanol–water partition coefficient (Wildman–Crippen LogP) is 3.40. The zero-order valence-electron chi connectivity index (χ0n) is 15.6. The number of aromatic nitrogens is 4. The van der Waals surface area contributed by atoms with E-state index in [1.807, 2.05) is 24.3 Å². The molecule has 0 radical (unpaired) electrons. The van der Waals surface area contributed by atoms with Gasteiger partial charge in [-0.05, 0) is 38.5 Å². The maximum absolute atomic E-state index is 12.7. The van der Waals surface area contributed by atoms with Gasteiger partial charge in [-0.2, -0.15) is 0 Å². The maximum Gasteiger partial charge on any atom is 0.196 e. The van der Waals surface area contributed by atoms with Gasteiger partial charge in [0.15, 0.2) is 16.7 Å². The maximum atomic E-state index is 12.7. The molecule has 2 heterocycles. The number of hydrogen-bond acceptors (Lipinski definition) is 6. The summed E-state index contributed by atoms with van der Waals surface area (Å²) >= 11 is 1.29. The van der Waals surface area contributed by atoms with Gasteiger partial charge >= 0.3 is 0 Å². The summed E-state index contributed by atoms with van der Waals surface area (Å²) in [7, 11) is 1.61. The minimum Gasteiger partial charge on any atom is -0.497 e. The predicted molar refractivity (Wildman–Crippen MR) is 103 cm³/mol. The van der Waals surface area contributed by atoms with E-state index in [1.54, 1.807) is 31.9 Å². The molecule has 140 valence electrons. The summed E-state index contributed by atoms with van der Waals surface area (Å²) in [6, 6.07) is 7.51. The highest BCUT2D eigenvalue weighted by Crippen LogP contribution is 2.25. The number of ketones is 2. The second-order valence-electron chi connectivity index (χ2n) is 6.08. The summed E-state index contributed by atoms with van der Waals surface area (Å²) in [5.74, 6) is 0.766. The Hall–Kier alpha value is -2.87. The molecular weight excluding hydrogens is 364 g/mol. The Labute approximate surface area is 161 Å². The van der Waals surface area contributed by atoms with Gasteiger partial charge in [-0.1, -0.05) is 17.8 Å². The summed E-state index contributed by atoms with van der Waals surface area (Å²) in [5.41, 5.74) is 3.31. The van der Waals surface area contributed by atoms with Gasteiger partial charge in [0.1, 0.15) is 12.1 Å². The number of aromatic amines is 1. The highest BCUT2D eigenvalue weighted by atomic mass is 32.2. The van der Waals surface area contributed by atoms with E-state index in [-0.39, 0.29) is 17.3 Å². The molecule has 0 bridgehead atoms. The summed E-state index contributed by atoms with van der Waals surface area (Å²) in [6.07, 6.45) is 1.60. The SMILES string of the molecule is COc1cccc(-n2cnnc2SCC(=O)c2[nH]c(C)c(C(C)=O)c2C)c1. The van der Waals surface area contributed by atoms with E-state index in [0.29, 0.717) is 27.7 Å². The first-order valence-electron chi connectivity index (χ1n) is 8.33. The van der Waals surface area contributed by atoms with Crippen LogP contribution in [-0.4, -0.2) is 44.2 Å². The van der Waals surface area contributed by atoms with Crippen molar-refractivity contribution in [2.45, 2.75) is 25.9 Å². The Bertz CT molecular complexity index is 1010. The highest BCUT2D eigenvalue weighted by Gasteiger charge is 2.20. The lowest BCUT2D eigenvalue weighted by molar-refractivity contribution is 0.101. The van der Waals surface area contributed by atoms with Crippen LogP contribution < -0.4 is 4.74 Å². The summed E-state index contributed by atoms with van der Waals surface area (Å²) < 4.78 is 7.05. The van der Waals surface area contributed by atoms with Crippen LogP contribution >= 0.6 is 11.8 Å². The lowest BCUT2D eigenvalue weighted by atomic mass is 10.1. The summed E-state index contributed by atoms with van der Waals surface area (Å²) in [4.78, 5) is 27.5. The van der Waals surface area contributed by atoms with Crippen molar-refractivity contribution in [3.63, 3.8) is 0 Å². The molecule has 0 aliphatic rings. The number of aryl methyl sites for hydroxylation is 1. The first-order chi connectivity index (χ1) is 12.9. The number of Topliss-reactive ketones (excluding diaryl/α,β-unsaturated/α-hetero) is 2. The van der Waals surface area contributed by atoms with Gasteiger partial charge in [0, 0.05) is 17.3 Å². The van der Waals surface area contributed by atoms with Gasteiger partial charge in [-0.3, -0.25) is 14.2 Å². The van der Waals surface area contributed by atoms with Crippen molar-refractivity contribution in [2.24, 2.45) is 0 Å². The van der Waals surface area contributed by atoms with E-state index >= 15 is 0 Å². The lowest BCUT2D eigenvalue weighted by Crippen LogP contribution is -2.07. The Morgan fingerprint density at radius 1 is 1.30 bits per heavy atom. The van der Waals surface area contributed by atoms with E-state index in [4.69, 9.17) is 4.74 Å². The fraction of sp³-hybridized carbons (Fsp3) is 0.263. The average Bonchev–Trinajstić information content (AvgIpc) is 3.23. The number of nitrogens with one attached hydrogen (secondary N) is 1. The molecule has 0 spiro atoms. The Balaban J connectivity index is 1.79. The first-order valence-corrected chi connectivity index (χ1v) is 9.31. The molecule has 1 aromatic carbocycles. The van der Waals surface area contributed by atoms with Crippen LogP contribution in [0.2, 0.25) is 0 Å². The molecule has 1 N–H and O–H groups in total. The number of methoxy groups -OCH3 is 1. The number of hydrogen-bond donors (Lipinski definition) is 1. The summed E-state index contributed by atoms with van der Waals surface area (Å²) in [5, 5.41) is 8.66. The third-order valence-corrected chi connectivity index (χ3v) is 5.19. The quantitative estimate of drug-likeness (QED) is 0.496. The number of carbonyl (C=O) groups is 2. The minimum atomic E-state index is -0.0895. The van der Waals surface area contributed by atoms with Crippen LogP contribution in [0, 0.1) is 13.8 Å². The van der Waals surface area contributed by atoms with Gasteiger partial charge < -0.3 is 9.72 Å². The molecule has 7 nitrogen and oxygen atoms in total. The third-order valence-electron chi connectivity index (χ3n) is 4.25.